The third-order valence-electron chi connectivity index (χ3n) is 4.18. The number of hydrogen-bond acceptors (Lipinski definition) is 7. The van der Waals surface area contributed by atoms with Gasteiger partial charge in [0.1, 0.15) is 12.1 Å². The standard InChI is InChI=1S/C17H18N4O5/c1-3-17(12-7-5-4-6-8-12)15(23)21(16(24)18-17)9-14(22)25-10-13-20-19-11(2)26-13/h4-8H,3,9-10H2,1-2H3,(H,18,24)/t17-/m0/s1. The normalized spacial score (nSPS) is 19.5. The molecule has 9 nitrogen and oxygen atoms in total. The van der Waals surface area contributed by atoms with Crippen molar-refractivity contribution in [2.24, 2.45) is 0 Å². The minimum Gasteiger partial charge on any atom is -0.454 e. The Morgan fingerprint density at radius 2 is 2.00 bits per heavy atom. The van der Waals surface area contributed by atoms with Gasteiger partial charge in [0, 0.05) is 6.92 Å². The Bertz CT molecular complexity index is 835. The summed E-state index contributed by atoms with van der Waals surface area (Å²) in [6, 6.07) is 8.29. The van der Waals surface area contributed by atoms with Gasteiger partial charge in [-0.05, 0) is 12.0 Å². The summed E-state index contributed by atoms with van der Waals surface area (Å²) in [5.41, 5.74) is -0.513. The van der Waals surface area contributed by atoms with E-state index in [9.17, 15) is 14.4 Å². The predicted octanol–water partition coefficient (Wildman–Crippen LogP) is 1.28. The molecule has 3 amide bonds. The van der Waals surface area contributed by atoms with Gasteiger partial charge in [0.05, 0.1) is 0 Å². The van der Waals surface area contributed by atoms with E-state index in [2.05, 4.69) is 15.5 Å². The molecule has 1 aromatic carbocycles. The van der Waals surface area contributed by atoms with Crippen molar-refractivity contribution in [1.29, 1.82) is 0 Å². The van der Waals surface area contributed by atoms with Gasteiger partial charge < -0.3 is 14.5 Å². The van der Waals surface area contributed by atoms with Crippen LogP contribution in [0.2, 0.25) is 0 Å². The van der Waals surface area contributed by atoms with Gasteiger partial charge in [-0.2, -0.15) is 0 Å². The van der Waals surface area contributed by atoms with Crippen molar-refractivity contribution in [2.45, 2.75) is 32.4 Å². The zero-order valence-electron chi connectivity index (χ0n) is 14.4. The molecule has 0 unspecified atom stereocenters. The molecule has 2 heterocycles. The molecule has 1 N–H and O–H groups in total. The quantitative estimate of drug-likeness (QED) is 0.611. The Balaban J connectivity index is 1.69. The Hall–Kier alpha value is -3.23. The Kier molecular flexibility index (Phi) is 4.70. The summed E-state index contributed by atoms with van der Waals surface area (Å²) in [6.45, 7) is 2.69. The molecule has 9 heteroatoms. The van der Waals surface area contributed by atoms with E-state index < -0.39 is 30.0 Å². The van der Waals surface area contributed by atoms with E-state index in [0.717, 1.165) is 4.90 Å². The number of urea groups is 1. The number of ether oxygens (including phenoxy) is 1. The van der Waals surface area contributed by atoms with Crippen LogP contribution in [-0.4, -0.2) is 39.5 Å². The van der Waals surface area contributed by atoms with Crippen molar-refractivity contribution in [1.82, 2.24) is 20.4 Å². The molecule has 1 aliphatic heterocycles. The van der Waals surface area contributed by atoms with Crippen LogP contribution in [-0.2, 0) is 26.5 Å². The number of imide groups is 1. The van der Waals surface area contributed by atoms with Crippen LogP contribution in [0.15, 0.2) is 34.7 Å². The van der Waals surface area contributed by atoms with E-state index in [0.29, 0.717) is 17.9 Å². The fourth-order valence-electron chi connectivity index (χ4n) is 2.84. The molecule has 0 aliphatic carbocycles. The number of carbonyl (C=O) groups is 3. The van der Waals surface area contributed by atoms with Crippen molar-refractivity contribution in [2.75, 3.05) is 6.54 Å². The van der Waals surface area contributed by atoms with Crippen molar-refractivity contribution in [3.05, 3.63) is 47.7 Å². The van der Waals surface area contributed by atoms with E-state index >= 15 is 0 Å². The molecule has 1 fully saturated rings. The highest BCUT2D eigenvalue weighted by Gasteiger charge is 2.51. The zero-order chi connectivity index (χ0) is 18.7. The van der Waals surface area contributed by atoms with Crippen LogP contribution in [0.25, 0.3) is 0 Å². The highest BCUT2D eigenvalue weighted by atomic mass is 16.5. The fraction of sp³-hybridized carbons (Fsp3) is 0.353. The monoisotopic (exact) mass is 358 g/mol. The van der Waals surface area contributed by atoms with Gasteiger partial charge in [0.2, 0.25) is 5.89 Å². The number of aromatic nitrogens is 2. The second-order valence-electron chi connectivity index (χ2n) is 5.82. The molecule has 3 rings (SSSR count). The van der Waals surface area contributed by atoms with Crippen LogP contribution in [0.1, 0.15) is 30.7 Å². The number of rotatable bonds is 6. The van der Waals surface area contributed by atoms with E-state index in [4.69, 9.17) is 9.15 Å². The van der Waals surface area contributed by atoms with Crippen LogP contribution in [0, 0.1) is 6.92 Å². The van der Waals surface area contributed by atoms with Gasteiger partial charge in [0.15, 0.2) is 6.61 Å². The minimum absolute atomic E-state index is 0.139. The Morgan fingerprint density at radius 1 is 1.27 bits per heavy atom. The van der Waals surface area contributed by atoms with Gasteiger partial charge in [-0.15, -0.1) is 10.2 Å². The summed E-state index contributed by atoms with van der Waals surface area (Å²) in [7, 11) is 0. The van der Waals surface area contributed by atoms with Crippen molar-refractivity contribution in [3.8, 4) is 0 Å². The number of carbonyl (C=O) groups excluding carboxylic acids is 3. The number of nitrogens with one attached hydrogen (secondary N) is 1. The summed E-state index contributed by atoms with van der Waals surface area (Å²) >= 11 is 0. The fourth-order valence-corrected chi connectivity index (χ4v) is 2.84. The maximum Gasteiger partial charge on any atom is 0.326 e. The molecular formula is C17H18N4O5. The maximum atomic E-state index is 12.9. The first-order valence-electron chi connectivity index (χ1n) is 8.10. The Morgan fingerprint density at radius 3 is 2.62 bits per heavy atom. The smallest absolute Gasteiger partial charge is 0.326 e. The first kappa shape index (κ1) is 17.6. The number of benzene rings is 1. The summed E-state index contributed by atoms with van der Waals surface area (Å²) in [5, 5.41) is 10.0. The van der Waals surface area contributed by atoms with Gasteiger partial charge in [-0.1, -0.05) is 37.3 Å². The third-order valence-corrected chi connectivity index (χ3v) is 4.18. The lowest BCUT2D eigenvalue weighted by atomic mass is 9.87. The number of hydrogen-bond donors (Lipinski definition) is 1. The van der Waals surface area contributed by atoms with Crippen LogP contribution in [0.4, 0.5) is 4.79 Å². The second kappa shape index (κ2) is 6.95. The molecule has 136 valence electrons. The lowest BCUT2D eigenvalue weighted by Gasteiger charge is -2.25. The molecular weight excluding hydrogens is 340 g/mol. The van der Waals surface area contributed by atoms with Gasteiger partial charge in [-0.25, -0.2) is 4.79 Å². The molecule has 0 spiro atoms. The van der Waals surface area contributed by atoms with Crippen LogP contribution < -0.4 is 5.32 Å². The molecule has 0 radical (unpaired) electrons. The summed E-state index contributed by atoms with van der Waals surface area (Å²) in [5.74, 6) is -0.743. The number of esters is 1. The second-order valence-corrected chi connectivity index (χ2v) is 5.82. The van der Waals surface area contributed by atoms with Gasteiger partial charge in [-0.3, -0.25) is 14.5 Å². The topological polar surface area (TPSA) is 115 Å². The largest absolute Gasteiger partial charge is 0.454 e. The summed E-state index contributed by atoms with van der Waals surface area (Å²) < 4.78 is 10.1. The SMILES string of the molecule is CC[C@@]1(c2ccccc2)NC(=O)N(CC(=O)OCc2nnc(C)o2)C1=O. The van der Waals surface area contributed by atoms with Gasteiger partial charge in [0.25, 0.3) is 11.8 Å². The summed E-state index contributed by atoms with van der Waals surface area (Å²) in [4.78, 5) is 38.0. The lowest BCUT2D eigenvalue weighted by Crippen LogP contribution is -2.43. The van der Waals surface area contributed by atoms with Crippen molar-refractivity contribution < 1.29 is 23.5 Å². The first-order chi connectivity index (χ1) is 12.5. The molecule has 1 aliphatic rings. The molecule has 1 atom stereocenters. The maximum absolute atomic E-state index is 12.9. The molecule has 0 bridgehead atoms. The van der Waals surface area contributed by atoms with E-state index in [1.54, 1.807) is 38.1 Å². The minimum atomic E-state index is -1.18. The average molecular weight is 358 g/mol. The van der Waals surface area contributed by atoms with E-state index in [-0.39, 0.29) is 12.5 Å². The van der Waals surface area contributed by atoms with Crippen molar-refractivity contribution >= 4 is 17.9 Å². The Labute approximate surface area is 149 Å². The number of aryl methyl sites for hydroxylation is 1. The highest BCUT2D eigenvalue weighted by molar-refractivity contribution is 6.09. The number of amides is 3. The predicted molar refractivity (Wildman–Crippen MR) is 87.5 cm³/mol. The molecule has 1 saturated heterocycles. The zero-order valence-corrected chi connectivity index (χ0v) is 14.4. The van der Waals surface area contributed by atoms with Crippen LogP contribution >= 0.6 is 0 Å². The molecule has 1 aromatic heterocycles. The summed E-state index contributed by atoms with van der Waals surface area (Å²) in [6.07, 6.45) is 0.356. The molecule has 0 saturated carbocycles. The first-order valence-corrected chi connectivity index (χ1v) is 8.10. The molecule has 2 aromatic rings. The van der Waals surface area contributed by atoms with Crippen LogP contribution in [0.3, 0.4) is 0 Å². The van der Waals surface area contributed by atoms with E-state index in [1.165, 1.54) is 0 Å². The molecule has 26 heavy (non-hydrogen) atoms. The van der Waals surface area contributed by atoms with E-state index in [1.807, 2.05) is 6.07 Å². The van der Waals surface area contributed by atoms with Crippen molar-refractivity contribution in [3.63, 3.8) is 0 Å². The number of nitrogens with zero attached hydrogens (tertiary/aromatic N) is 3. The average Bonchev–Trinajstić information content (AvgIpc) is 3.17. The van der Waals surface area contributed by atoms with Crippen LogP contribution in [0.5, 0.6) is 0 Å². The highest BCUT2D eigenvalue weighted by Crippen LogP contribution is 2.32. The third kappa shape index (κ3) is 3.15. The lowest BCUT2D eigenvalue weighted by molar-refractivity contribution is -0.149. The van der Waals surface area contributed by atoms with Gasteiger partial charge >= 0.3 is 12.0 Å².